The van der Waals surface area contributed by atoms with Gasteiger partial charge in [0.25, 0.3) is 0 Å². The first-order valence-corrected chi connectivity index (χ1v) is 2.00. The lowest BCUT2D eigenvalue weighted by atomic mass is 10.9. The van der Waals surface area contributed by atoms with Crippen molar-refractivity contribution in [3.05, 3.63) is 6.58 Å². The quantitative estimate of drug-likeness (QED) is 0.523. The van der Waals surface area contributed by atoms with E-state index in [0.29, 0.717) is 0 Å². The molecule has 0 aliphatic carbocycles. The van der Waals surface area contributed by atoms with Crippen molar-refractivity contribution >= 4 is 12.1 Å². The SMILES string of the molecule is C=Cn1nnnc1N. The van der Waals surface area contributed by atoms with E-state index in [1.54, 1.807) is 0 Å². The van der Waals surface area contributed by atoms with Gasteiger partial charge in [-0.3, -0.25) is 0 Å². The summed E-state index contributed by atoms with van der Waals surface area (Å²) in [5, 5.41) is 10.1. The standard InChI is InChI=1S/C3H5N5/c1-2-8-3(4)5-6-7-8/h2H,1H2,(H2,4,5,7). The largest absolute Gasteiger partial charge is 0.366 e. The topological polar surface area (TPSA) is 69.6 Å². The lowest BCUT2D eigenvalue weighted by Gasteiger charge is -1.84. The van der Waals surface area contributed by atoms with Crippen molar-refractivity contribution in [3.8, 4) is 0 Å². The van der Waals surface area contributed by atoms with Gasteiger partial charge in [0.2, 0.25) is 5.95 Å². The molecular formula is C3H5N5. The third kappa shape index (κ3) is 0.534. The van der Waals surface area contributed by atoms with E-state index in [1.165, 1.54) is 10.9 Å². The average Bonchev–Trinajstić information content (AvgIpc) is 2.14. The van der Waals surface area contributed by atoms with Crippen molar-refractivity contribution in [1.82, 2.24) is 20.2 Å². The van der Waals surface area contributed by atoms with Crippen LogP contribution >= 0.6 is 0 Å². The fourth-order valence-electron chi connectivity index (χ4n) is 0.331. The van der Waals surface area contributed by atoms with Gasteiger partial charge in [-0.1, -0.05) is 11.7 Å². The Morgan fingerprint density at radius 3 is 2.75 bits per heavy atom. The Labute approximate surface area is 45.8 Å². The van der Waals surface area contributed by atoms with Crippen molar-refractivity contribution < 1.29 is 0 Å². The third-order valence-corrected chi connectivity index (χ3v) is 0.691. The molecule has 0 saturated heterocycles. The summed E-state index contributed by atoms with van der Waals surface area (Å²) in [7, 11) is 0. The molecule has 0 unspecified atom stereocenters. The van der Waals surface area contributed by atoms with E-state index < -0.39 is 0 Å². The van der Waals surface area contributed by atoms with Gasteiger partial charge < -0.3 is 5.73 Å². The second kappa shape index (κ2) is 1.61. The third-order valence-electron chi connectivity index (χ3n) is 0.691. The van der Waals surface area contributed by atoms with E-state index in [-0.39, 0.29) is 5.95 Å². The summed E-state index contributed by atoms with van der Waals surface area (Å²) in [5.74, 6) is 0.250. The number of nitrogen functional groups attached to an aromatic ring is 1. The van der Waals surface area contributed by atoms with Gasteiger partial charge in [-0.15, -0.1) is 0 Å². The van der Waals surface area contributed by atoms with E-state index >= 15 is 0 Å². The highest BCUT2D eigenvalue weighted by Gasteiger charge is 1.91. The first-order chi connectivity index (χ1) is 3.84. The first-order valence-electron chi connectivity index (χ1n) is 2.00. The Kier molecular flexibility index (Phi) is 0.957. The number of nitrogens with two attached hydrogens (primary N) is 1. The van der Waals surface area contributed by atoms with Gasteiger partial charge in [0.15, 0.2) is 0 Å². The van der Waals surface area contributed by atoms with Gasteiger partial charge in [0, 0.05) is 6.20 Å². The number of nitrogens with zero attached hydrogens (tertiary/aromatic N) is 4. The predicted molar refractivity (Wildman–Crippen MR) is 28.6 cm³/mol. The molecule has 8 heavy (non-hydrogen) atoms. The first kappa shape index (κ1) is 4.76. The highest BCUT2D eigenvalue weighted by atomic mass is 15.6. The molecule has 42 valence electrons. The molecule has 0 saturated carbocycles. The fraction of sp³-hybridized carbons (Fsp3) is 0. The van der Waals surface area contributed by atoms with Crippen LogP contribution in [0.3, 0.4) is 0 Å². The zero-order valence-electron chi connectivity index (χ0n) is 4.15. The summed E-state index contributed by atoms with van der Waals surface area (Å²) < 4.78 is 1.28. The Hall–Kier alpha value is -1.39. The predicted octanol–water partition coefficient (Wildman–Crippen LogP) is -0.644. The maximum Gasteiger partial charge on any atom is 0.244 e. The van der Waals surface area contributed by atoms with E-state index in [4.69, 9.17) is 5.73 Å². The van der Waals surface area contributed by atoms with Gasteiger partial charge in [-0.05, 0) is 10.4 Å². The Bertz CT molecular complexity index is 189. The number of rotatable bonds is 1. The number of hydrogen-bond acceptors (Lipinski definition) is 4. The number of anilines is 1. The van der Waals surface area contributed by atoms with Crippen LogP contribution in [0.1, 0.15) is 0 Å². The van der Waals surface area contributed by atoms with E-state index in [2.05, 4.69) is 22.1 Å². The van der Waals surface area contributed by atoms with Gasteiger partial charge in [0.1, 0.15) is 0 Å². The van der Waals surface area contributed by atoms with E-state index in [1.807, 2.05) is 0 Å². The van der Waals surface area contributed by atoms with Crippen LogP contribution in [0.2, 0.25) is 0 Å². The van der Waals surface area contributed by atoms with Crippen molar-refractivity contribution in [2.75, 3.05) is 5.73 Å². The van der Waals surface area contributed by atoms with Gasteiger partial charge in [-0.2, -0.15) is 4.68 Å². The van der Waals surface area contributed by atoms with Gasteiger partial charge >= 0.3 is 0 Å². The molecule has 1 aromatic rings. The molecule has 5 nitrogen and oxygen atoms in total. The molecule has 0 aliphatic rings. The van der Waals surface area contributed by atoms with Crippen LogP contribution in [-0.4, -0.2) is 20.2 Å². The maximum atomic E-state index is 5.21. The van der Waals surface area contributed by atoms with Crippen LogP contribution in [0.5, 0.6) is 0 Å². The second-order valence-electron chi connectivity index (χ2n) is 1.16. The van der Waals surface area contributed by atoms with Crippen LogP contribution in [0.4, 0.5) is 5.95 Å². The molecule has 0 atom stereocenters. The zero-order chi connectivity index (χ0) is 5.98. The van der Waals surface area contributed by atoms with Crippen molar-refractivity contribution in [1.29, 1.82) is 0 Å². The Morgan fingerprint density at radius 1 is 1.75 bits per heavy atom. The number of tetrazole rings is 1. The highest BCUT2D eigenvalue weighted by Crippen LogP contribution is 1.88. The molecule has 0 bridgehead atoms. The summed E-state index contributed by atoms with van der Waals surface area (Å²) in [4.78, 5) is 0. The molecule has 1 rings (SSSR count). The van der Waals surface area contributed by atoms with Crippen LogP contribution in [0.15, 0.2) is 6.58 Å². The molecular weight excluding hydrogens is 106 g/mol. The highest BCUT2D eigenvalue weighted by molar-refractivity contribution is 5.26. The number of aromatic nitrogens is 4. The summed E-state index contributed by atoms with van der Waals surface area (Å²) in [5.41, 5.74) is 5.21. The second-order valence-corrected chi connectivity index (χ2v) is 1.16. The minimum Gasteiger partial charge on any atom is -0.366 e. The fourth-order valence-corrected chi connectivity index (χ4v) is 0.331. The summed E-state index contributed by atoms with van der Waals surface area (Å²) in [6.45, 7) is 3.40. The summed E-state index contributed by atoms with van der Waals surface area (Å²) in [6, 6.07) is 0. The van der Waals surface area contributed by atoms with Crippen LogP contribution in [-0.2, 0) is 0 Å². The minimum atomic E-state index is 0.250. The smallest absolute Gasteiger partial charge is 0.244 e. The normalized spacial score (nSPS) is 9.00. The van der Waals surface area contributed by atoms with Crippen molar-refractivity contribution in [3.63, 3.8) is 0 Å². The van der Waals surface area contributed by atoms with E-state index in [0.717, 1.165) is 0 Å². The Morgan fingerprint density at radius 2 is 2.50 bits per heavy atom. The minimum absolute atomic E-state index is 0.250. The number of hydrogen-bond donors (Lipinski definition) is 1. The summed E-state index contributed by atoms with van der Waals surface area (Å²) in [6.07, 6.45) is 1.43. The molecule has 5 heteroatoms. The van der Waals surface area contributed by atoms with Crippen molar-refractivity contribution in [2.45, 2.75) is 0 Å². The molecule has 0 amide bonds. The van der Waals surface area contributed by atoms with Crippen molar-refractivity contribution in [2.24, 2.45) is 0 Å². The molecule has 1 aromatic heterocycles. The molecule has 0 aliphatic heterocycles. The lowest BCUT2D eigenvalue weighted by Crippen LogP contribution is -1.95. The van der Waals surface area contributed by atoms with Crippen LogP contribution in [0, 0.1) is 0 Å². The Balaban J connectivity index is 3.09. The monoisotopic (exact) mass is 111 g/mol. The van der Waals surface area contributed by atoms with Gasteiger partial charge in [-0.25, -0.2) is 0 Å². The molecule has 0 spiro atoms. The molecule has 0 fully saturated rings. The van der Waals surface area contributed by atoms with Gasteiger partial charge in [0.05, 0.1) is 0 Å². The van der Waals surface area contributed by atoms with Crippen LogP contribution < -0.4 is 5.73 Å². The zero-order valence-corrected chi connectivity index (χ0v) is 4.15. The van der Waals surface area contributed by atoms with Crippen LogP contribution in [0.25, 0.3) is 6.20 Å². The molecule has 0 radical (unpaired) electrons. The summed E-state index contributed by atoms with van der Waals surface area (Å²) >= 11 is 0. The lowest BCUT2D eigenvalue weighted by molar-refractivity contribution is 0.821. The molecule has 2 N–H and O–H groups in total. The van der Waals surface area contributed by atoms with E-state index in [9.17, 15) is 0 Å². The molecule has 1 heterocycles. The molecule has 0 aromatic carbocycles. The maximum absolute atomic E-state index is 5.21. The average molecular weight is 111 g/mol.